The third-order valence-corrected chi connectivity index (χ3v) is 6.38. The maximum absolute atomic E-state index is 3.62. The van der Waals surface area contributed by atoms with Gasteiger partial charge in [0.2, 0.25) is 0 Å². The van der Waals surface area contributed by atoms with Crippen molar-refractivity contribution < 1.29 is 0 Å². The van der Waals surface area contributed by atoms with Gasteiger partial charge in [-0.15, -0.1) is 0 Å². The van der Waals surface area contributed by atoms with Crippen LogP contribution in [0.25, 0.3) is 55.3 Å². The molecule has 6 aromatic carbocycles. The summed E-state index contributed by atoms with van der Waals surface area (Å²) >= 11 is 0. The minimum absolute atomic E-state index is 1.14. The molecular weight excluding hydrogens is 408 g/mol. The van der Waals surface area contributed by atoms with Crippen molar-refractivity contribution in [2.24, 2.45) is 0 Å². The fraction of sp³-hybridized carbons (Fsp3) is 0. The van der Waals surface area contributed by atoms with Crippen molar-refractivity contribution in [2.75, 3.05) is 0 Å². The summed E-state index contributed by atoms with van der Waals surface area (Å²) in [4.78, 5) is 0. The summed E-state index contributed by atoms with van der Waals surface area (Å²) < 4.78 is 0. The van der Waals surface area contributed by atoms with E-state index in [4.69, 9.17) is 0 Å². The van der Waals surface area contributed by atoms with E-state index in [-0.39, 0.29) is 0 Å². The van der Waals surface area contributed by atoms with Crippen molar-refractivity contribution in [3.63, 3.8) is 0 Å². The highest BCUT2D eigenvalue weighted by molar-refractivity contribution is 6.17. The van der Waals surface area contributed by atoms with E-state index in [1.165, 1.54) is 49.9 Å². The Morgan fingerprint density at radius 1 is 0.324 bits per heavy atom. The SMILES string of the molecule is [c]1cccc2c(-c3ccccc3)c(-c3ccccc3)c(-c3ccccc3)c(-c3ccccc3)c12. The lowest BCUT2D eigenvalue weighted by Gasteiger charge is -2.24. The summed E-state index contributed by atoms with van der Waals surface area (Å²) in [6.07, 6.45) is 0. The monoisotopic (exact) mass is 431 g/mol. The van der Waals surface area contributed by atoms with Gasteiger partial charge in [0.05, 0.1) is 0 Å². The molecule has 0 heteroatoms. The molecule has 34 heavy (non-hydrogen) atoms. The maximum Gasteiger partial charge on any atom is -0.00137 e. The van der Waals surface area contributed by atoms with E-state index < -0.39 is 0 Å². The summed E-state index contributed by atoms with van der Waals surface area (Å²) in [5, 5.41) is 2.36. The Morgan fingerprint density at radius 2 is 0.706 bits per heavy atom. The Hall–Kier alpha value is -4.42. The van der Waals surface area contributed by atoms with Crippen molar-refractivity contribution in [3.8, 4) is 44.5 Å². The van der Waals surface area contributed by atoms with Crippen molar-refractivity contribution in [3.05, 3.63) is 146 Å². The van der Waals surface area contributed by atoms with Crippen molar-refractivity contribution in [2.45, 2.75) is 0 Å². The molecule has 0 amide bonds. The van der Waals surface area contributed by atoms with E-state index >= 15 is 0 Å². The van der Waals surface area contributed by atoms with Gasteiger partial charge in [-0.2, -0.15) is 0 Å². The predicted molar refractivity (Wildman–Crippen MR) is 145 cm³/mol. The van der Waals surface area contributed by atoms with Gasteiger partial charge in [-0.25, -0.2) is 0 Å². The Morgan fingerprint density at radius 3 is 1.18 bits per heavy atom. The second-order valence-electron chi connectivity index (χ2n) is 8.42. The Labute approximate surface area is 200 Å². The van der Waals surface area contributed by atoms with E-state index in [0.717, 1.165) is 5.39 Å². The van der Waals surface area contributed by atoms with Crippen LogP contribution in [0.4, 0.5) is 0 Å². The zero-order chi connectivity index (χ0) is 22.7. The molecule has 0 unspecified atom stereocenters. The molecule has 0 atom stereocenters. The number of hydrogen-bond acceptors (Lipinski definition) is 0. The Balaban J connectivity index is 1.90. The molecule has 159 valence electrons. The first-order valence-corrected chi connectivity index (χ1v) is 11.6. The van der Waals surface area contributed by atoms with Gasteiger partial charge in [-0.05, 0) is 61.3 Å². The third-order valence-electron chi connectivity index (χ3n) is 6.38. The second-order valence-corrected chi connectivity index (χ2v) is 8.42. The molecule has 0 bridgehead atoms. The zero-order valence-electron chi connectivity index (χ0n) is 18.8. The van der Waals surface area contributed by atoms with Crippen LogP contribution in [0.3, 0.4) is 0 Å². The first-order valence-electron chi connectivity index (χ1n) is 11.6. The van der Waals surface area contributed by atoms with Crippen molar-refractivity contribution in [1.29, 1.82) is 0 Å². The molecule has 0 aliphatic carbocycles. The van der Waals surface area contributed by atoms with Gasteiger partial charge >= 0.3 is 0 Å². The van der Waals surface area contributed by atoms with Crippen LogP contribution in [0.2, 0.25) is 0 Å². The summed E-state index contributed by atoms with van der Waals surface area (Å²) in [5.74, 6) is 0. The van der Waals surface area contributed by atoms with Crippen LogP contribution in [0, 0.1) is 6.07 Å². The molecule has 1 radical (unpaired) electrons. The third kappa shape index (κ3) is 3.50. The van der Waals surface area contributed by atoms with Gasteiger partial charge in [0.25, 0.3) is 0 Å². The quantitative estimate of drug-likeness (QED) is 0.261. The van der Waals surface area contributed by atoms with Crippen LogP contribution in [0.1, 0.15) is 0 Å². The smallest absolute Gasteiger partial charge is 0.00137 e. The van der Waals surface area contributed by atoms with Gasteiger partial charge in [-0.1, -0.05) is 140 Å². The molecule has 6 rings (SSSR count). The summed E-state index contributed by atoms with van der Waals surface area (Å²) in [5.41, 5.74) is 9.79. The van der Waals surface area contributed by atoms with Crippen LogP contribution in [-0.2, 0) is 0 Å². The number of rotatable bonds is 4. The van der Waals surface area contributed by atoms with Crippen LogP contribution >= 0.6 is 0 Å². The molecule has 0 fully saturated rings. The van der Waals surface area contributed by atoms with Gasteiger partial charge in [0.1, 0.15) is 0 Å². The average molecular weight is 432 g/mol. The molecule has 6 aromatic rings. The first-order chi connectivity index (χ1) is 16.9. The number of fused-ring (bicyclic) bond motifs is 1. The molecule has 0 heterocycles. The Kier molecular flexibility index (Phi) is 5.26. The van der Waals surface area contributed by atoms with E-state index in [1.807, 2.05) is 6.07 Å². The van der Waals surface area contributed by atoms with E-state index in [1.54, 1.807) is 0 Å². The number of benzene rings is 6. The number of hydrogen-bond donors (Lipinski definition) is 0. The van der Waals surface area contributed by atoms with Crippen LogP contribution in [0.15, 0.2) is 140 Å². The molecule has 0 N–H and O–H groups in total. The maximum atomic E-state index is 3.62. The zero-order valence-corrected chi connectivity index (χ0v) is 18.8. The minimum atomic E-state index is 1.14. The lowest BCUT2D eigenvalue weighted by molar-refractivity contribution is 1.56. The van der Waals surface area contributed by atoms with Gasteiger partial charge in [0.15, 0.2) is 0 Å². The highest BCUT2D eigenvalue weighted by Gasteiger charge is 2.23. The lowest BCUT2D eigenvalue weighted by atomic mass is 9.79. The first kappa shape index (κ1) is 20.2. The normalized spacial score (nSPS) is 10.9. The fourth-order valence-corrected chi connectivity index (χ4v) is 4.95. The van der Waals surface area contributed by atoms with Crippen LogP contribution in [-0.4, -0.2) is 0 Å². The van der Waals surface area contributed by atoms with E-state index in [9.17, 15) is 0 Å². The van der Waals surface area contributed by atoms with Gasteiger partial charge < -0.3 is 0 Å². The highest BCUT2D eigenvalue weighted by Crippen LogP contribution is 2.50. The molecular formula is C34H23. The van der Waals surface area contributed by atoms with Crippen LogP contribution < -0.4 is 0 Å². The minimum Gasteiger partial charge on any atom is -0.0622 e. The standard InChI is InChI=1S/C34H23/c1-5-15-25(16-6-1)31-29-23-13-14-24-30(29)32(26-17-7-2-8-18-26)34(28-21-11-4-12-22-28)33(31)27-19-9-3-10-20-27/h1-23H. The van der Waals surface area contributed by atoms with E-state index in [0.29, 0.717) is 0 Å². The molecule has 0 saturated carbocycles. The van der Waals surface area contributed by atoms with Crippen molar-refractivity contribution >= 4 is 10.8 Å². The average Bonchev–Trinajstić information content (AvgIpc) is 2.93. The molecule has 0 aromatic heterocycles. The molecule has 0 aliphatic rings. The summed E-state index contributed by atoms with van der Waals surface area (Å²) in [6.45, 7) is 0. The molecule has 0 spiro atoms. The van der Waals surface area contributed by atoms with Gasteiger partial charge in [0, 0.05) is 0 Å². The molecule has 0 saturated heterocycles. The topological polar surface area (TPSA) is 0 Å². The fourth-order valence-electron chi connectivity index (χ4n) is 4.95. The molecule has 0 aliphatic heterocycles. The summed E-state index contributed by atoms with van der Waals surface area (Å²) in [7, 11) is 0. The largest absolute Gasteiger partial charge is 0.0622 e. The highest BCUT2D eigenvalue weighted by atomic mass is 14.3. The predicted octanol–water partition coefficient (Wildman–Crippen LogP) is 9.31. The van der Waals surface area contributed by atoms with Gasteiger partial charge in [-0.3, -0.25) is 0 Å². The summed E-state index contributed by atoms with van der Waals surface area (Å²) in [6, 6.07) is 53.0. The second kappa shape index (κ2) is 8.84. The van der Waals surface area contributed by atoms with E-state index in [2.05, 4.69) is 140 Å². The Bertz CT molecular complexity index is 1430. The van der Waals surface area contributed by atoms with Crippen molar-refractivity contribution in [1.82, 2.24) is 0 Å². The lowest BCUT2D eigenvalue weighted by Crippen LogP contribution is -1.97. The molecule has 0 nitrogen and oxygen atoms in total. The van der Waals surface area contributed by atoms with Crippen LogP contribution in [0.5, 0.6) is 0 Å².